The fourth-order valence-corrected chi connectivity index (χ4v) is 2.80. The van der Waals surface area contributed by atoms with Gasteiger partial charge in [0.05, 0.1) is 41.8 Å². The van der Waals surface area contributed by atoms with Crippen molar-refractivity contribution < 1.29 is 19.2 Å². The molecule has 0 aromatic heterocycles. The molecule has 190 valence electrons. The van der Waals surface area contributed by atoms with Crippen LogP contribution in [0.3, 0.4) is 0 Å². The Morgan fingerprint density at radius 3 is 1.65 bits per heavy atom. The summed E-state index contributed by atoms with van der Waals surface area (Å²) in [4.78, 5) is 20.1. The van der Waals surface area contributed by atoms with E-state index in [0.29, 0.717) is 16.7 Å². The van der Waals surface area contributed by atoms with Crippen LogP contribution in [0.5, 0.6) is 5.75 Å². The first-order valence-electron chi connectivity index (χ1n) is 11.1. The standard InChI is InChI=1S/2C10H10N2O.C9H10O2/c1-8(12-13-2)10-5-3-9(7-11)4-6-10;1-8(12-13-2)10-5-3-4-9(6-10)7-11;1-7(10)8-3-5-9(11-2)6-4-8/h2*3-6H,1-2H3;3-6H,1-2H3. The van der Waals surface area contributed by atoms with E-state index in [4.69, 9.17) is 15.3 Å². The number of ether oxygens (including phenoxy) is 1. The van der Waals surface area contributed by atoms with Gasteiger partial charge in [-0.1, -0.05) is 34.6 Å². The third kappa shape index (κ3) is 10.9. The molecule has 37 heavy (non-hydrogen) atoms. The summed E-state index contributed by atoms with van der Waals surface area (Å²) in [7, 11) is 4.60. The predicted octanol–water partition coefficient (Wildman–Crippen LogP) is 5.76. The van der Waals surface area contributed by atoms with Crippen molar-refractivity contribution in [3.05, 3.63) is 101 Å². The molecule has 3 aromatic carbocycles. The highest BCUT2D eigenvalue weighted by molar-refractivity contribution is 5.99. The topological polar surface area (TPSA) is 117 Å². The number of carbonyl (C=O) groups excluding carboxylic acids is 1. The Morgan fingerprint density at radius 2 is 1.19 bits per heavy atom. The monoisotopic (exact) mass is 498 g/mol. The molecule has 0 heterocycles. The molecule has 0 amide bonds. The maximum absolute atomic E-state index is 10.8. The highest BCUT2D eigenvalue weighted by Crippen LogP contribution is 2.11. The molecule has 0 unspecified atom stereocenters. The van der Waals surface area contributed by atoms with Crippen LogP contribution >= 0.6 is 0 Å². The summed E-state index contributed by atoms with van der Waals surface area (Å²) in [5, 5.41) is 24.8. The molecule has 0 spiro atoms. The molecule has 3 rings (SSSR count). The van der Waals surface area contributed by atoms with Crippen molar-refractivity contribution in [2.24, 2.45) is 10.3 Å². The average molecular weight is 499 g/mol. The molecule has 8 nitrogen and oxygen atoms in total. The maximum atomic E-state index is 10.8. The number of Topliss-reactive ketones (excluding diaryl/α,β-unsaturated/α-hetero) is 1. The molecule has 8 heteroatoms. The smallest absolute Gasteiger partial charge is 0.159 e. The summed E-state index contributed by atoms with van der Waals surface area (Å²) >= 11 is 0. The van der Waals surface area contributed by atoms with Gasteiger partial charge >= 0.3 is 0 Å². The van der Waals surface area contributed by atoms with E-state index in [-0.39, 0.29) is 5.78 Å². The van der Waals surface area contributed by atoms with E-state index in [1.807, 2.05) is 38.1 Å². The Kier molecular flexibility index (Phi) is 13.5. The fourth-order valence-electron chi connectivity index (χ4n) is 2.80. The Labute approximate surface area is 218 Å². The summed E-state index contributed by atoms with van der Waals surface area (Å²) < 4.78 is 4.94. The molecule has 0 radical (unpaired) electrons. The number of ketones is 1. The van der Waals surface area contributed by atoms with E-state index < -0.39 is 0 Å². The van der Waals surface area contributed by atoms with E-state index >= 15 is 0 Å². The molecular weight excluding hydrogens is 468 g/mol. The first-order valence-corrected chi connectivity index (χ1v) is 11.1. The molecule has 0 N–H and O–H groups in total. The fraction of sp³-hybridized carbons (Fsp3) is 0.207. The van der Waals surface area contributed by atoms with Crippen molar-refractivity contribution in [1.29, 1.82) is 10.5 Å². The molecule has 0 bridgehead atoms. The lowest BCUT2D eigenvalue weighted by atomic mass is 10.1. The third-order valence-electron chi connectivity index (χ3n) is 4.79. The van der Waals surface area contributed by atoms with Crippen molar-refractivity contribution in [3.8, 4) is 17.9 Å². The lowest BCUT2D eigenvalue weighted by Crippen LogP contribution is -1.95. The van der Waals surface area contributed by atoms with Crippen LogP contribution in [0, 0.1) is 22.7 Å². The molecular formula is C29H30N4O4. The minimum absolute atomic E-state index is 0.0765. The highest BCUT2D eigenvalue weighted by Gasteiger charge is 1.99. The van der Waals surface area contributed by atoms with Crippen molar-refractivity contribution in [3.63, 3.8) is 0 Å². The zero-order valence-corrected chi connectivity index (χ0v) is 21.9. The van der Waals surface area contributed by atoms with Crippen LogP contribution in [0.15, 0.2) is 83.1 Å². The largest absolute Gasteiger partial charge is 0.497 e. The second kappa shape index (κ2) is 16.6. The van der Waals surface area contributed by atoms with Gasteiger partial charge in [-0.2, -0.15) is 10.5 Å². The zero-order valence-electron chi connectivity index (χ0n) is 21.9. The van der Waals surface area contributed by atoms with Gasteiger partial charge in [-0.25, -0.2) is 0 Å². The van der Waals surface area contributed by atoms with Gasteiger partial charge in [0.15, 0.2) is 5.78 Å². The number of nitriles is 2. The van der Waals surface area contributed by atoms with Crippen LogP contribution < -0.4 is 4.74 Å². The molecule has 0 atom stereocenters. The van der Waals surface area contributed by atoms with Crippen LogP contribution in [0.2, 0.25) is 0 Å². The number of methoxy groups -OCH3 is 1. The number of hydrogen-bond donors (Lipinski definition) is 0. The Bertz CT molecular complexity index is 1280. The SMILES string of the molecule is CON=C(C)c1ccc(C#N)cc1.CON=C(C)c1cccc(C#N)c1.COc1ccc(C(C)=O)cc1. The average Bonchev–Trinajstić information content (AvgIpc) is 2.94. The minimum atomic E-state index is 0.0765. The lowest BCUT2D eigenvalue weighted by Gasteiger charge is -1.99. The Hall–Kier alpha value is -4.95. The molecule has 0 fully saturated rings. The van der Waals surface area contributed by atoms with Crippen LogP contribution in [-0.4, -0.2) is 38.5 Å². The number of carbonyl (C=O) groups is 1. The predicted molar refractivity (Wildman–Crippen MR) is 144 cm³/mol. The van der Waals surface area contributed by atoms with Gasteiger partial charge in [-0.3, -0.25) is 4.79 Å². The van der Waals surface area contributed by atoms with E-state index in [9.17, 15) is 4.79 Å². The molecule has 0 saturated heterocycles. The summed E-state index contributed by atoms with van der Waals surface area (Å²) in [5.74, 6) is 0.850. The summed E-state index contributed by atoms with van der Waals surface area (Å²) in [5.41, 5.74) is 5.41. The van der Waals surface area contributed by atoms with Crippen LogP contribution in [0.25, 0.3) is 0 Å². The van der Waals surface area contributed by atoms with E-state index in [0.717, 1.165) is 28.3 Å². The molecule has 3 aromatic rings. The van der Waals surface area contributed by atoms with Gasteiger partial charge in [0, 0.05) is 11.1 Å². The van der Waals surface area contributed by atoms with Gasteiger partial charge in [0.1, 0.15) is 20.0 Å². The van der Waals surface area contributed by atoms with Crippen molar-refractivity contribution in [2.75, 3.05) is 21.3 Å². The van der Waals surface area contributed by atoms with E-state index in [1.54, 1.807) is 62.6 Å². The van der Waals surface area contributed by atoms with Gasteiger partial charge in [0.25, 0.3) is 0 Å². The molecule has 0 aliphatic heterocycles. The first kappa shape index (κ1) is 30.1. The van der Waals surface area contributed by atoms with Crippen LogP contribution in [-0.2, 0) is 9.68 Å². The number of hydrogen-bond acceptors (Lipinski definition) is 8. The Balaban J connectivity index is 0.000000279. The number of rotatable bonds is 6. The zero-order chi connectivity index (χ0) is 27.6. The number of nitrogens with zero attached hydrogens (tertiary/aromatic N) is 4. The normalized spacial score (nSPS) is 10.3. The molecule has 0 aliphatic carbocycles. The van der Waals surface area contributed by atoms with Gasteiger partial charge in [0.2, 0.25) is 0 Å². The second-order valence-corrected chi connectivity index (χ2v) is 7.38. The van der Waals surface area contributed by atoms with Crippen molar-refractivity contribution >= 4 is 17.2 Å². The summed E-state index contributed by atoms with van der Waals surface area (Å²) in [6, 6.07) is 25.6. The third-order valence-corrected chi connectivity index (χ3v) is 4.79. The lowest BCUT2D eigenvalue weighted by molar-refractivity contribution is 0.101. The van der Waals surface area contributed by atoms with Crippen molar-refractivity contribution in [1.82, 2.24) is 0 Å². The highest BCUT2D eigenvalue weighted by atomic mass is 16.6. The van der Waals surface area contributed by atoms with Gasteiger partial charge < -0.3 is 14.4 Å². The van der Waals surface area contributed by atoms with Crippen molar-refractivity contribution in [2.45, 2.75) is 20.8 Å². The second-order valence-electron chi connectivity index (χ2n) is 7.38. The minimum Gasteiger partial charge on any atom is -0.497 e. The quantitative estimate of drug-likeness (QED) is 0.242. The van der Waals surface area contributed by atoms with Crippen LogP contribution in [0.4, 0.5) is 0 Å². The van der Waals surface area contributed by atoms with Crippen LogP contribution in [0.1, 0.15) is 53.4 Å². The summed E-state index contributed by atoms with van der Waals surface area (Å²) in [6.07, 6.45) is 0. The summed E-state index contributed by atoms with van der Waals surface area (Å²) in [6.45, 7) is 5.23. The molecule has 0 saturated carbocycles. The number of benzene rings is 3. The molecule has 0 aliphatic rings. The Morgan fingerprint density at radius 1 is 0.676 bits per heavy atom. The van der Waals surface area contributed by atoms with E-state index in [1.165, 1.54) is 14.2 Å². The first-order chi connectivity index (χ1) is 17.8. The maximum Gasteiger partial charge on any atom is 0.159 e. The van der Waals surface area contributed by atoms with E-state index in [2.05, 4.69) is 32.1 Å². The van der Waals surface area contributed by atoms with Gasteiger partial charge in [-0.05, 0) is 74.9 Å². The number of oxime groups is 2. The van der Waals surface area contributed by atoms with Gasteiger partial charge in [-0.15, -0.1) is 0 Å².